The molecule has 1 aliphatic rings. The van der Waals surface area contributed by atoms with E-state index in [1.54, 1.807) is 0 Å². The average molecular weight is 287 g/mol. The zero-order valence-corrected chi connectivity index (χ0v) is 11.8. The van der Waals surface area contributed by atoms with Crippen LogP contribution in [0.4, 0.5) is 0 Å². The van der Waals surface area contributed by atoms with Gasteiger partial charge in [0.05, 0.1) is 18.1 Å². The second-order valence-electron chi connectivity index (χ2n) is 4.27. The second kappa shape index (κ2) is 7.28. The monoisotopic (exact) mass is 287 g/mol. The fourth-order valence-corrected chi connectivity index (χ4v) is 2.69. The lowest BCUT2D eigenvalue weighted by molar-refractivity contribution is -0.143. The summed E-state index contributed by atoms with van der Waals surface area (Å²) in [5, 5.41) is -0.463. The fraction of sp³-hybridized carbons (Fsp3) is 0.667. The second-order valence-corrected chi connectivity index (χ2v) is 5.46. The molecule has 0 radical (unpaired) electrons. The van der Waals surface area contributed by atoms with Crippen molar-refractivity contribution >= 4 is 35.3 Å². The summed E-state index contributed by atoms with van der Waals surface area (Å²) < 4.78 is 4.49. The minimum Gasteiger partial charge on any atom is -0.469 e. The zero-order chi connectivity index (χ0) is 14.4. The molecule has 1 aliphatic heterocycles. The van der Waals surface area contributed by atoms with Gasteiger partial charge in [-0.05, 0) is 13.3 Å². The highest BCUT2D eigenvalue weighted by atomic mass is 32.2. The Kier molecular flexibility index (Phi) is 6.01. The van der Waals surface area contributed by atoms with Crippen molar-refractivity contribution < 1.29 is 23.9 Å². The first-order valence-corrected chi connectivity index (χ1v) is 7.02. The highest BCUT2D eigenvalue weighted by molar-refractivity contribution is 8.01. The van der Waals surface area contributed by atoms with Crippen molar-refractivity contribution in [1.82, 2.24) is 4.90 Å². The molecule has 6 nitrogen and oxygen atoms in total. The number of imide groups is 1. The summed E-state index contributed by atoms with van der Waals surface area (Å²) in [7, 11) is 1.29. The highest BCUT2D eigenvalue weighted by Crippen LogP contribution is 2.25. The van der Waals surface area contributed by atoms with Gasteiger partial charge in [0.15, 0.2) is 0 Å². The number of Topliss-reactive ketones (excluding diaryl/α,β-unsaturated/α-hetero) is 1. The number of amides is 2. The van der Waals surface area contributed by atoms with E-state index in [0.717, 1.165) is 0 Å². The summed E-state index contributed by atoms with van der Waals surface area (Å²) in [4.78, 5) is 46.6. The molecule has 0 aromatic carbocycles. The maximum absolute atomic E-state index is 11.9. The first kappa shape index (κ1) is 15.7. The first-order valence-electron chi connectivity index (χ1n) is 5.97. The summed E-state index contributed by atoms with van der Waals surface area (Å²) in [5.74, 6) is -0.646. The van der Waals surface area contributed by atoms with E-state index in [-0.39, 0.29) is 48.7 Å². The minimum atomic E-state index is -0.463. The molecule has 1 unspecified atom stereocenters. The number of carbonyl (C=O) groups is 4. The van der Waals surface area contributed by atoms with Crippen LogP contribution in [0.25, 0.3) is 0 Å². The topological polar surface area (TPSA) is 80.8 Å². The number of hydrogen-bond donors (Lipinski definition) is 0. The summed E-state index contributed by atoms with van der Waals surface area (Å²) in [6.07, 6.45) is 0.710. The number of methoxy groups -OCH3 is 1. The average Bonchev–Trinajstić information content (AvgIpc) is 2.63. The van der Waals surface area contributed by atoms with Crippen LogP contribution >= 0.6 is 11.8 Å². The first-order chi connectivity index (χ1) is 8.95. The van der Waals surface area contributed by atoms with Crippen LogP contribution in [0.1, 0.15) is 26.2 Å². The molecule has 2 amide bonds. The highest BCUT2D eigenvalue weighted by Gasteiger charge is 2.38. The smallest absolute Gasteiger partial charge is 0.305 e. The summed E-state index contributed by atoms with van der Waals surface area (Å²) in [5.41, 5.74) is 0. The Morgan fingerprint density at radius 1 is 1.42 bits per heavy atom. The SMILES string of the molecule is COC(=O)CCCN1C(=O)CC(SCC(C)=O)C1=O. The van der Waals surface area contributed by atoms with E-state index in [1.165, 1.54) is 30.7 Å². The summed E-state index contributed by atoms with van der Waals surface area (Å²) in [6, 6.07) is 0. The fourth-order valence-electron chi connectivity index (χ4n) is 1.72. The van der Waals surface area contributed by atoms with Gasteiger partial charge in [-0.25, -0.2) is 0 Å². The number of rotatable bonds is 7. The van der Waals surface area contributed by atoms with Gasteiger partial charge in [0, 0.05) is 19.4 Å². The Labute approximate surface area is 115 Å². The van der Waals surface area contributed by atoms with E-state index < -0.39 is 5.25 Å². The largest absolute Gasteiger partial charge is 0.469 e. The van der Waals surface area contributed by atoms with Crippen LogP contribution in [-0.2, 0) is 23.9 Å². The van der Waals surface area contributed by atoms with Gasteiger partial charge in [0.2, 0.25) is 11.8 Å². The van der Waals surface area contributed by atoms with Gasteiger partial charge in [0.1, 0.15) is 5.78 Å². The maximum Gasteiger partial charge on any atom is 0.305 e. The lowest BCUT2D eigenvalue weighted by Crippen LogP contribution is -2.32. The Morgan fingerprint density at radius 3 is 2.68 bits per heavy atom. The Morgan fingerprint density at radius 2 is 2.11 bits per heavy atom. The van der Waals surface area contributed by atoms with Crippen molar-refractivity contribution in [3.8, 4) is 0 Å². The molecule has 0 spiro atoms. The number of ether oxygens (including phenoxy) is 1. The number of nitrogens with zero attached hydrogens (tertiary/aromatic N) is 1. The standard InChI is InChI=1S/C12H17NO5S/c1-8(14)7-19-9-6-10(15)13(12(9)17)5-3-4-11(16)18-2/h9H,3-7H2,1-2H3. The molecule has 106 valence electrons. The van der Waals surface area contributed by atoms with E-state index in [4.69, 9.17) is 0 Å². The van der Waals surface area contributed by atoms with Crippen LogP contribution < -0.4 is 0 Å². The van der Waals surface area contributed by atoms with Gasteiger partial charge in [-0.1, -0.05) is 0 Å². The molecule has 7 heteroatoms. The van der Waals surface area contributed by atoms with Crippen molar-refractivity contribution in [3.05, 3.63) is 0 Å². The van der Waals surface area contributed by atoms with E-state index in [0.29, 0.717) is 6.42 Å². The summed E-state index contributed by atoms with van der Waals surface area (Å²) in [6.45, 7) is 1.67. The predicted molar refractivity (Wildman–Crippen MR) is 69.5 cm³/mol. The number of hydrogen-bond acceptors (Lipinski definition) is 6. The molecule has 1 fully saturated rings. The molecule has 0 N–H and O–H groups in total. The third-order valence-electron chi connectivity index (χ3n) is 2.68. The van der Waals surface area contributed by atoms with Gasteiger partial charge in [-0.15, -0.1) is 11.8 Å². The lowest BCUT2D eigenvalue weighted by Gasteiger charge is -2.14. The van der Waals surface area contributed by atoms with Crippen LogP contribution in [0.2, 0.25) is 0 Å². The van der Waals surface area contributed by atoms with Gasteiger partial charge in [0.25, 0.3) is 0 Å². The normalized spacial score (nSPS) is 18.8. The summed E-state index contributed by atoms with van der Waals surface area (Å²) >= 11 is 1.20. The van der Waals surface area contributed by atoms with Crippen molar-refractivity contribution in [2.24, 2.45) is 0 Å². The Hall–Kier alpha value is -1.37. The van der Waals surface area contributed by atoms with Crippen LogP contribution in [0.5, 0.6) is 0 Å². The van der Waals surface area contributed by atoms with Crippen molar-refractivity contribution in [3.63, 3.8) is 0 Å². The van der Waals surface area contributed by atoms with Crippen molar-refractivity contribution in [2.45, 2.75) is 31.4 Å². The van der Waals surface area contributed by atoms with Crippen molar-refractivity contribution in [2.75, 3.05) is 19.4 Å². The third kappa shape index (κ3) is 4.66. The molecular weight excluding hydrogens is 270 g/mol. The molecule has 1 rings (SSSR count). The van der Waals surface area contributed by atoms with E-state index in [1.807, 2.05) is 0 Å². The molecule has 19 heavy (non-hydrogen) atoms. The van der Waals surface area contributed by atoms with Crippen LogP contribution in [0.15, 0.2) is 0 Å². The number of ketones is 1. The maximum atomic E-state index is 11.9. The lowest BCUT2D eigenvalue weighted by atomic mass is 10.3. The van der Waals surface area contributed by atoms with Gasteiger partial charge < -0.3 is 4.74 Å². The van der Waals surface area contributed by atoms with E-state index in [2.05, 4.69) is 4.74 Å². The number of thioether (sulfide) groups is 1. The molecule has 1 heterocycles. The number of carbonyl (C=O) groups excluding carboxylic acids is 4. The quantitative estimate of drug-likeness (QED) is 0.498. The molecular formula is C12H17NO5S. The predicted octanol–water partition coefficient (Wildman–Crippen LogP) is 0.389. The molecule has 1 atom stereocenters. The molecule has 1 saturated heterocycles. The molecule has 0 bridgehead atoms. The van der Waals surface area contributed by atoms with Crippen LogP contribution in [-0.4, -0.2) is 53.1 Å². The van der Waals surface area contributed by atoms with Crippen LogP contribution in [0, 0.1) is 0 Å². The Balaban J connectivity index is 2.42. The minimum absolute atomic E-state index is 0.0191. The van der Waals surface area contributed by atoms with Gasteiger partial charge in [-0.2, -0.15) is 0 Å². The number of likely N-dealkylation sites (tertiary alicyclic amines) is 1. The zero-order valence-electron chi connectivity index (χ0n) is 11.0. The van der Waals surface area contributed by atoms with E-state index >= 15 is 0 Å². The molecule has 0 saturated carbocycles. The molecule has 0 aliphatic carbocycles. The molecule has 0 aromatic heterocycles. The molecule has 0 aromatic rings. The van der Waals surface area contributed by atoms with Gasteiger partial charge >= 0.3 is 5.97 Å². The van der Waals surface area contributed by atoms with Gasteiger partial charge in [-0.3, -0.25) is 24.1 Å². The number of esters is 1. The van der Waals surface area contributed by atoms with Crippen molar-refractivity contribution in [1.29, 1.82) is 0 Å². The van der Waals surface area contributed by atoms with E-state index in [9.17, 15) is 19.2 Å². The Bertz CT molecular complexity index is 396. The third-order valence-corrected chi connectivity index (χ3v) is 4.02. The van der Waals surface area contributed by atoms with Crippen LogP contribution in [0.3, 0.4) is 0 Å².